The zero-order valence-corrected chi connectivity index (χ0v) is 23.9. The van der Waals surface area contributed by atoms with Crippen LogP contribution >= 0.6 is 0 Å². The lowest BCUT2D eigenvalue weighted by Crippen LogP contribution is -2.47. The fraction of sp³-hybridized carbons (Fsp3) is 0.536. The first kappa shape index (κ1) is 31.9. The number of aryl methyl sites for hydroxylation is 1. The van der Waals surface area contributed by atoms with Gasteiger partial charge in [0, 0.05) is 24.7 Å². The first-order chi connectivity index (χ1) is 18.9. The van der Waals surface area contributed by atoms with Crippen molar-refractivity contribution in [2.24, 2.45) is 0 Å². The van der Waals surface area contributed by atoms with Gasteiger partial charge in [0.1, 0.15) is 5.82 Å². The average molecular weight is 582 g/mol. The molecular weight excluding hydrogens is 546 g/mol. The molecule has 3 rings (SSSR count). The van der Waals surface area contributed by atoms with Crippen LogP contribution in [0.25, 0.3) is 11.4 Å². The van der Waals surface area contributed by atoms with Crippen molar-refractivity contribution in [2.45, 2.75) is 90.3 Å². The lowest BCUT2D eigenvalue weighted by molar-refractivity contribution is -0.243. The minimum Gasteiger partial charge on any atom is -0.433 e. The molecule has 0 saturated carbocycles. The van der Waals surface area contributed by atoms with Gasteiger partial charge in [0.25, 0.3) is 5.89 Å². The van der Waals surface area contributed by atoms with Gasteiger partial charge in [-0.25, -0.2) is 19.2 Å². The Labute approximate surface area is 236 Å². The van der Waals surface area contributed by atoms with Crippen LogP contribution in [0.2, 0.25) is 0 Å². The van der Waals surface area contributed by atoms with E-state index in [0.29, 0.717) is 42.6 Å². The summed E-state index contributed by atoms with van der Waals surface area (Å²) in [5, 5.41) is 14.0. The Bertz CT molecular complexity index is 1310. The van der Waals surface area contributed by atoms with Gasteiger partial charge in [0.15, 0.2) is 17.3 Å². The Kier molecular flexibility index (Phi) is 9.41. The molecule has 0 aliphatic rings. The van der Waals surface area contributed by atoms with Crippen LogP contribution in [0.5, 0.6) is 0 Å². The molecule has 0 aliphatic carbocycles. The van der Waals surface area contributed by atoms with E-state index in [9.17, 15) is 27.5 Å². The van der Waals surface area contributed by atoms with E-state index in [0.717, 1.165) is 18.7 Å². The third kappa shape index (κ3) is 8.44. The van der Waals surface area contributed by atoms with E-state index >= 15 is 0 Å². The van der Waals surface area contributed by atoms with Crippen LogP contribution in [0.3, 0.4) is 0 Å². The zero-order valence-electron chi connectivity index (χ0n) is 23.9. The fourth-order valence-electron chi connectivity index (χ4n) is 3.62. The number of hydrogen-bond donors (Lipinski definition) is 1. The van der Waals surface area contributed by atoms with E-state index in [1.165, 1.54) is 26.1 Å². The van der Waals surface area contributed by atoms with Crippen LogP contribution in [0.4, 0.5) is 28.2 Å². The first-order valence-corrected chi connectivity index (χ1v) is 13.1. The van der Waals surface area contributed by atoms with Crippen molar-refractivity contribution in [2.75, 3.05) is 11.4 Å². The van der Waals surface area contributed by atoms with Crippen molar-refractivity contribution in [3.05, 3.63) is 53.8 Å². The molecular formula is C28H35F4N5O4. The number of aliphatic hydroxyl groups is 1. The van der Waals surface area contributed by atoms with Crippen molar-refractivity contribution in [3.8, 4) is 11.4 Å². The predicted molar refractivity (Wildman–Crippen MR) is 143 cm³/mol. The number of carbonyl (C=O) groups excluding carboxylic acids is 1. The Hall–Kier alpha value is -3.61. The van der Waals surface area contributed by atoms with Crippen LogP contribution < -0.4 is 4.90 Å². The molecule has 0 fully saturated rings. The summed E-state index contributed by atoms with van der Waals surface area (Å²) < 4.78 is 64.2. The van der Waals surface area contributed by atoms with E-state index in [1.807, 2.05) is 0 Å². The quantitative estimate of drug-likeness (QED) is 0.198. The molecule has 1 aromatic carbocycles. The van der Waals surface area contributed by atoms with E-state index in [-0.39, 0.29) is 24.1 Å². The molecule has 41 heavy (non-hydrogen) atoms. The molecule has 2 heterocycles. The predicted octanol–water partition coefficient (Wildman–Crippen LogP) is 6.66. The van der Waals surface area contributed by atoms with E-state index in [1.54, 1.807) is 38.1 Å². The van der Waals surface area contributed by atoms with Gasteiger partial charge < -0.3 is 14.4 Å². The zero-order chi connectivity index (χ0) is 30.6. The molecule has 0 unspecified atom stereocenters. The highest BCUT2D eigenvalue weighted by molar-refractivity contribution is 5.87. The standard InChI is InChI=1S/C28H35F4N5O4/c1-25(2,29)23-34-20(36-41-23)10-8-7-9-17-37(24(38)40-27(5,6)28(30,31)32)21-15-16-33-22(35-21)18-11-13-19(14-12-18)26(3,4)39/h11-16,39H,7-10,17H2,1-6H3. The minimum atomic E-state index is -4.79. The molecule has 0 saturated heterocycles. The molecule has 224 valence electrons. The second-order valence-corrected chi connectivity index (χ2v) is 11.2. The first-order valence-electron chi connectivity index (χ1n) is 13.1. The topological polar surface area (TPSA) is 114 Å². The van der Waals surface area contributed by atoms with Gasteiger partial charge in [0.2, 0.25) is 5.60 Å². The van der Waals surface area contributed by atoms with Crippen molar-refractivity contribution in [1.82, 2.24) is 20.1 Å². The van der Waals surface area contributed by atoms with Gasteiger partial charge >= 0.3 is 12.3 Å². The van der Waals surface area contributed by atoms with Gasteiger partial charge in [0.05, 0.1) is 5.60 Å². The molecule has 1 amide bonds. The number of anilines is 1. The Morgan fingerprint density at radius 2 is 1.61 bits per heavy atom. The lowest BCUT2D eigenvalue weighted by Gasteiger charge is -2.31. The SMILES string of the molecule is CC(C)(O)c1ccc(-c2nccc(N(CCCCCc3noc(C(C)(C)F)n3)C(=O)OC(C)(C)C(F)(F)F)n2)cc1. The third-order valence-corrected chi connectivity index (χ3v) is 6.27. The summed E-state index contributed by atoms with van der Waals surface area (Å²) >= 11 is 0. The molecule has 2 aromatic heterocycles. The number of carbonyl (C=O) groups is 1. The van der Waals surface area contributed by atoms with E-state index in [4.69, 9.17) is 9.26 Å². The maximum atomic E-state index is 14.0. The molecule has 0 radical (unpaired) electrons. The number of hydrogen-bond acceptors (Lipinski definition) is 8. The molecule has 9 nitrogen and oxygen atoms in total. The summed E-state index contributed by atoms with van der Waals surface area (Å²) in [6.45, 7) is 7.47. The van der Waals surface area contributed by atoms with Crippen molar-refractivity contribution >= 4 is 11.9 Å². The number of halogens is 4. The van der Waals surface area contributed by atoms with E-state index in [2.05, 4.69) is 20.1 Å². The number of aromatic nitrogens is 4. The van der Waals surface area contributed by atoms with Crippen LogP contribution in [0.1, 0.15) is 78.1 Å². The molecule has 13 heteroatoms. The second kappa shape index (κ2) is 12.1. The number of benzene rings is 1. The Balaban J connectivity index is 1.76. The molecule has 1 N–H and O–H groups in total. The lowest BCUT2D eigenvalue weighted by atomic mass is 9.97. The van der Waals surface area contributed by atoms with Gasteiger partial charge in [-0.15, -0.1) is 0 Å². The highest BCUT2D eigenvalue weighted by atomic mass is 19.4. The van der Waals surface area contributed by atoms with Gasteiger partial charge in [-0.05, 0) is 66.0 Å². The highest BCUT2D eigenvalue weighted by Gasteiger charge is 2.51. The number of ether oxygens (including phenoxy) is 1. The summed E-state index contributed by atoms with van der Waals surface area (Å²) in [4.78, 5) is 26.8. The summed E-state index contributed by atoms with van der Waals surface area (Å²) in [6.07, 6.45) is -2.70. The number of rotatable bonds is 11. The van der Waals surface area contributed by atoms with Crippen LogP contribution in [0, 0.1) is 0 Å². The smallest absolute Gasteiger partial charge is 0.427 e. The van der Waals surface area contributed by atoms with Crippen molar-refractivity contribution in [1.29, 1.82) is 0 Å². The van der Waals surface area contributed by atoms with Crippen molar-refractivity contribution in [3.63, 3.8) is 0 Å². The summed E-state index contributed by atoms with van der Waals surface area (Å²) in [5.41, 5.74) is -4.29. The molecule has 3 aromatic rings. The van der Waals surface area contributed by atoms with Crippen molar-refractivity contribution < 1.29 is 36.7 Å². The number of alkyl halides is 4. The third-order valence-electron chi connectivity index (χ3n) is 6.27. The number of nitrogens with zero attached hydrogens (tertiary/aromatic N) is 5. The Morgan fingerprint density at radius 3 is 2.17 bits per heavy atom. The van der Waals surface area contributed by atoms with Crippen LogP contribution in [0.15, 0.2) is 41.1 Å². The largest absolute Gasteiger partial charge is 0.433 e. The molecule has 0 aliphatic heterocycles. The summed E-state index contributed by atoms with van der Waals surface area (Å²) in [7, 11) is 0. The Morgan fingerprint density at radius 1 is 0.951 bits per heavy atom. The number of unbranched alkanes of at least 4 members (excludes halogenated alkanes) is 2. The van der Waals surface area contributed by atoms with Gasteiger partial charge in [-0.2, -0.15) is 18.2 Å². The minimum absolute atomic E-state index is 0.00979. The summed E-state index contributed by atoms with van der Waals surface area (Å²) in [5.74, 6) is 0.520. The van der Waals surface area contributed by atoms with Crippen LogP contribution in [-0.4, -0.2) is 49.6 Å². The molecule has 0 bridgehead atoms. The van der Waals surface area contributed by atoms with Crippen LogP contribution in [-0.2, 0) is 22.4 Å². The number of amides is 1. The van der Waals surface area contributed by atoms with Gasteiger partial charge in [-0.1, -0.05) is 35.8 Å². The van der Waals surface area contributed by atoms with E-state index < -0.39 is 29.1 Å². The normalized spacial score (nSPS) is 12.9. The summed E-state index contributed by atoms with van der Waals surface area (Å²) in [6, 6.07) is 8.25. The molecule has 0 atom stereocenters. The maximum absolute atomic E-state index is 14.0. The molecule has 0 spiro atoms. The highest BCUT2D eigenvalue weighted by Crippen LogP contribution is 2.34. The average Bonchev–Trinajstić information content (AvgIpc) is 3.34. The monoisotopic (exact) mass is 581 g/mol. The maximum Gasteiger partial charge on any atom is 0.427 e. The second-order valence-electron chi connectivity index (χ2n) is 11.2. The van der Waals surface area contributed by atoms with Gasteiger partial charge in [-0.3, -0.25) is 4.90 Å². The fourth-order valence-corrected chi connectivity index (χ4v) is 3.62.